The average Bonchev–Trinajstić information content (AvgIpc) is 2.73. The maximum atomic E-state index is 12.5. The van der Waals surface area contributed by atoms with Crippen LogP contribution in [0.3, 0.4) is 0 Å². The van der Waals surface area contributed by atoms with E-state index in [2.05, 4.69) is 28.2 Å². The minimum atomic E-state index is -0.0863. The highest BCUT2D eigenvalue weighted by atomic mass is 79.9. The standard InChI is InChI=1S/C22H25BrN2O3/c1-2-16-7-3-6-10-20(16)28-15-21(26)25-13-11-17(12-14-25)24-22(27)18-8-4-5-9-19(18)23/h3-10,17H,2,11-15H2,1H3,(H,24,27). The highest BCUT2D eigenvalue weighted by Gasteiger charge is 2.25. The zero-order chi connectivity index (χ0) is 19.9. The second-order valence-electron chi connectivity index (χ2n) is 6.86. The SMILES string of the molecule is CCc1ccccc1OCC(=O)N1CCC(NC(=O)c2ccccc2Br)CC1. The summed E-state index contributed by atoms with van der Waals surface area (Å²) in [5, 5.41) is 3.07. The largest absolute Gasteiger partial charge is 0.483 e. The molecule has 2 aromatic carbocycles. The van der Waals surface area contributed by atoms with Gasteiger partial charge in [0.05, 0.1) is 5.56 Å². The summed E-state index contributed by atoms with van der Waals surface area (Å²) in [6.45, 7) is 3.36. The van der Waals surface area contributed by atoms with Crippen molar-refractivity contribution < 1.29 is 14.3 Å². The van der Waals surface area contributed by atoms with Gasteiger partial charge >= 0.3 is 0 Å². The van der Waals surface area contributed by atoms with E-state index in [9.17, 15) is 9.59 Å². The van der Waals surface area contributed by atoms with Gasteiger partial charge < -0.3 is 15.0 Å². The second kappa shape index (κ2) is 9.73. The van der Waals surface area contributed by atoms with Crippen LogP contribution in [0.25, 0.3) is 0 Å². The average molecular weight is 445 g/mol. The van der Waals surface area contributed by atoms with Gasteiger partial charge in [-0.2, -0.15) is 0 Å². The normalized spacial score (nSPS) is 14.6. The first-order chi connectivity index (χ1) is 13.6. The number of piperidine rings is 1. The van der Waals surface area contributed by atoms with Gasteiger partial charge in [0.15, 0.2) is 6.61 Å². The van der Waals surface area contributed by atoms with Crippen LogP contribution in [0.15, 0.2) is 53.0 Å². The molecule has 1 saturated heterocycles. The van der Waals surface area contributed by atoms with Gasteiger partial charge in [-0.25, -0.2) is 0 Å². The molecule has 1 aliphatic heterocycles. The van der Waals surface area contributed by atoms with Crippen LogP contribution >= 0.6 is 15.9 Å². The van der Waals surface area contributed by atoms with E-state index in [4.69, 9.17) is 4.74 Å². The van der Waals surface area contributed by atoms with E-state index in [1.54, 1.807) is 6.07 Å². The number of ether oxygens (including phenoxy) is 1. The van der Waals surface area contributed by atoms with Crippen LogP contribution < -0.4 is 10.1 Å². The molecule has 0 aliphatic carbocycles. The molecule has 0 aromatic heterocycles. The van der Waals surface area contributed by atoms with Gasteiger partial charge in [0.2, 0.25) is 0 Å². The van der Waals surface area contributed by atoms with Crippen molar-refractivity contribution in [1.29, 1.82) is 0 Å². The first-order valence-electron chi connectivity index (χ1n) is 9.62. The van der Waals surface area contributed by atoms with Crippen molar-refractivity contribution in [3.63, 3.8) is 0 Å². The smallest absolute Gasteiger partial charge is 0.260 e. The molecule has 6 heteroatoms. The third-order valence-electron chi connectivity index (χ3n) is 5.01. The summed E-state index contributed by atoms with van der Waals surface area (Å²) >= 11 is 3.41. The van der Waals surface area contributed by atoms with E-state index in [0.29, 0.717) is 18.7 Å². The maximum Gasteiger partial charge on any atom is 0.260 e. The molecule has 1 fully saturated rings. The third kappa shape index (κ3) is 5.13. The van der Waals surface area contributed by atoms with Crippen LogP contribution in [0.1, 0.15) is 35.7 Å². The number of benzene rings is 2. The summed E-state index contributed by atoms with van der Waals surface area (Å²) in [5.41, 5.74) is 1.73. The fourth-order valence-corrected chi connectivity index (χ4v) is 3.81. The Kier molecular flexibility index (Phi) is 7.09. The molecule has 2 amide bonds. The van der Waals surface area contributed by atoms with E-state index in [-0.39, 0.29) is 24.5 Å². The number of nitrogens with one attached hydrogen (secondary N) is 1. The van der Waals surface area contributed by atoms with Crippen molar-refractivity contribution in [2.45, 2.75) is 32.2 Å². The zero-order valence-electron chi connectivity index (χ0n) is 16.0. The van der Waals surface area contributed by atoms with Crippen LogP contribution in [0.4, 0.5) is 0 Å². The number of halogens is 1. The number of likely N-dealkylation sites (tertiary alicyclic amines) is 1. The molecule has 3 rings (SSSR count). The molecule has 0 bridgehead atoms. The first kappa shape index (κ1) is 20.4. The molecule has 1 heterocycles. The number of hydrogen-bond donors (Lipinski definition) is 1. The van der Waals surface area contributed by atoms with Gasteiger partial charge in [0.1, 0.15) is 5.75 Å². The summed E-state index contributed by atoms with van der Waals surface area (Å²) < 4.78 is 6.52. The van der Waals surface area contributed by atoms with E-state index in [1.165, 1.54) is 0 Å². The Bertz CT molecular complexity index is 832. The Labute approximate surface area is 174 Å². The fourth-order valence-electron chi connectivity index (χ4n) is 3.35. The number of aryl methyl sites for hydroxylation is 1. The van der Waals surface area contributed by atoms with E-state index in [0.717, 1.165) is 35.0 Å². The van der Waals surface area contributed by atoms with Gasteiger partial charge in [0.25, 0.3) is 11.8 Å². The maximum absolute atomic E-state index is 12.5. The van der Waals surface area contributed by atoms with Crippen molar-refractivity contribution >= 4 is 27.7 Å². The van der Waals surface area contributed by atoms with Crippen molar-refractivity contribution in [2.24, 2.45) is 0 Å². The molecule has 5 nitrogen and oxygen atoms in total. The van der Waals surface area contributed by atoms with E-state index < -0.39 is 0 Å². The molecule has 0 unspecified atom stereocenters. The quantitative estimate of drug-likeness (QED) is 0.736. The van der Waals surface area contributed by atoms with Gasteiger partial charge in [-0.05, 0) is 59.0 Å². The predicted octanol–water partition coefficient (Wildman–Crippen LogP) is 3.81. The summed E-state index contributed by atoms with van der Waals surface area (Å²) in [4.78, 5) is 26.7. The number of carbonyl (C=O) groups is 2. The Hall–Kier alpha value is -2.34. The second-order valence-corrected chi connectivity index (χ2v) is 7.71. The van der Waals surface area contributed by atoms with E-state index in [1.807, 2.05) is 47.4 Å². The van der Waals surface area contributed by atoms with Crippen LogP contribution in [-0.2, 0) is 11.2 Å². The topological polar surface area (TPSA) is 58.6 Å². The first-order valence-corrected chi connectivity index (χ1v) is 10.4. The summed E-state index contributed by atoms with van der Waals surface area (Å²) in [7, 11) is 0. The molecule has 0 atom stereocenters. The summed E-state index contributed by atoms with van der Waals surface area (Å²) in [6, 6.07) is 15.2. The lowest BCUT2D eigenvalue weighted by atomic mass is 10.0. The molecule has 0 radical (unpaired) electrons. The number of nitrogens with zero attached hydrogens (tertiary/aromatic N) is 1. The Balaban J connectivity index is 1.46. The lowest BCUT2D eigenvalue weighted by Gasteiger charge is -2.32. The lowest BCUT2D eigenvalue weighted by molar-refractivity contribution is -0.134. The Morgan fingerprint density at radius 1 is 1.11 bits per heavy atom. The molecule has 2 aromatic rings. The summed E-state index contributed by atoms with van der Waals surface area (Å²) in [5.74, 6) is 0.673. The molecule has 0 spiro atoms. The van der Waals surface area contributed by atoms with Crippen LogP contribution in [0.2, 0.25) is 0 Å². The van der Waals surface area contributed by atoms with Gasteiger partial charge in [-0.3, -0.25) is 9.59 Å². The van der Waals surface area contributed by atoms with Gasteiger partial charge in [-0.15, -0.1) is 0 Å². The predicted molar refractivity (Wildman–Crippen MR) is 113 cm³/mol. The van der Waals surface area contributed by atoms with Crippen LogP contribution in [0.5, 0.6) is 5.75 Å². The number of rotatable bonds is 6. The van der Waals surface area contributed by atoms with Gasteiger partial charge in [-0.1, -0.05) is 37.3 Å². The molecule has 1 aliphatic rings. The number of amides is 2. The van der Waals surface area contributed by atoms with E-state index >= 15 is 0 Å². The zero-order valence-corrected chi connectivity index (χ0v) is 17.6. The van der Waals surface area contributed by atoms with Crippen molar-refractivity contribution in [1.82, 2.24) is 10.2 Å². The monoisotopic (exact) mass is 444 g/mol. The molecule has 0 saturated carbocycles. The number of para-hydroxylation sites is 1. The molecule has 1 N–H and O–H groups in total. The highest BCUT2D eigenvalue weighted by Crippen LogP contribution is 2.19. The highest BCUT2D eigenvalue weighted by molar-refractivity contribution is 9.10. The lowest BCUT2D eigenvalue weighted by Crippen LogP contribution is -2.47. The minimum absolute atomic E-state index is 0.0125. The van der Waals surface area contributed by atoms with Crippen molar-refractivity contribution in [3.05, 3.63) is 64.1 Å². The Morgan fingerprint density at radius 3 is 2.50 bits per heavy atom. The minimum Gasteiger partial charge on any atom is -0.483 e. The van der Waals surface area contributed by atoms with Crippen molar-refractivity contribution in [2.75, 3.05) is 19.7 Å². The number of carbonyl (C=O) groups excluding carboxylic acids is 2. The Morgan fingerprint density at radius 2 is 1.79 bits per heavy atom. The van der Waals surface area contributed by atoms with Crippen molar-refractivity contribution in [3.8, 4) is 5.75 Å². The summed E-state index contributed by atoms with van der Waals surface area (Å²) in [6.07, 6.45) is 2.36. The van der Waals surface area contributed by atoms with Gasteiger partial charge in [0, 0.05) is 23.6 Å². The molecule has 148 valence electrons. The molecule has 28 heavy (non-hydrogen) atoms. The van der Waals surface area contributed by atoms with Crippen LogP contribution in [0, 0.1) is 0 Å². The number of hydrogen-bond acceptors (Lipinski definition) is 3. The fraction of sp³-hybridized carbons (Fsp3) is 0.364. The molecular weight excluding hydrogens is 420 g/mol. The van der Waals surface area contributed by atoms with Crippen LogP contribution in [-0.4, -0.2) is 42.5 Å². The third-order valence-corrected chi connectivity index (χ3v) is 5.70. The molecular formula is C22H25BrN2O3.